The Morgan fingerprint density at radius 2 is 2.00 bits per heavy atom. The van der Waals surface area contributed by atoms with E-state index in [9.17, 15) is 14.9 Å². The third kappa shape index (κ3) is 4.95. The van der Waals surface area contributed by atoms with Gasteiger partial charge >= 0.3 is 0 Å². The maximum absolute atomic E-state index is 11.7. The van der Waals surface area contributed by atoms with Gasteiger partial charge in [-0.3, -0.25) is 14.9 Å². The van der Waals surface area contributed by atoms with Crippen LogP contribution in [0.2, 0.25) is 0 Å². The van der Waals surface area contributed by atoms with Crippen molar-refractivity contribution in [2.45, 2.75) is 33.2 Å². The van der Waals surface area contributed by atoms with Gasteiger partial charge in [0.25, 0.3) is 5.69 Å². The molecule has 19 heavy (non-hydrogen) atoms. The second-order valence-electron chi connectivity index (χ2n) is 5.43. The third-order valence-electron chi connectivity index (χ3n) is 2.30. The highest BCUT2D eigenvalue weighted by atomic mass is 16.6. The second kappa shape index (κ2) is 5.69. The lowest BCUT2D eigenvalue weighted by molar-refractivity contribution is -0.384. The fourth-order valence-corrected chi connectivity index (χ4v) is 1.59. The van der Waals surface area contributed by atoms with Crippen molar-refractivity contribution in [3.63, 3.8) is 0 Å². The SMILES string of the molecule is Cc1ccc([N+](=O)[O-])c(NCC(=O)NC(C)(C)C)c1. The molecule has 0 saturated heterocycles. The van der Waals surface area contributed by atoms with Gasteiger partial charge in [-0.25, -0.2) is 0 Å². The average molecular weight is 265 g/mol. The van der Waals surface area contributed by atoms with Crippen molar-refractivity contribution >= 4 is 17.3 Å². The number of hydrogen-bond acceptors (Lipinski definition) is 4. The molecule has 0 fully saturated rings. The first-order chi connectivity index (χ1) is 8.69. The molecule has 0 heterocycles. The van der Waals surface area contributed by atoms with Gasteiger partial charge in [0.1, 0.15) is 5.69 Å². The van der Waals surface area contributed by atoms with Crippen molar-refractivity contribution in [1.29, 1.82) is 0 Å². The summed E-state index contributed by atoms with van der Waals surface area (Å²) in [6.07, 6.45) is 0. The van der Waals surface area contributed by atoms with E-state index in [1.165, 1.54) is 6.07 Å². The number of aryl methyl sites for hydroxylation is 1. The first-order valence-electron chi connectivity index (χ1n) is 5.99. The van der Waals surface area contributed by atoms with Crippen LogP contribution in [0.1, 0.15) is 26.3 Å². The van der Waals surface area contributed by atoms with E-state index in [1.807, 2.05) is 27.7 Å². The number of benzene rings is 1. The van der Waals surface area contributed by atoms with Crippen LogP contribution >= 0.6 is 0 Å². The molecular formula is C13H19N3O3. The van der Waals surface area contributed by atoms with Crippen LogP contribution in [-0.2, 0) is 4.79 Å². The minimum absolute atomic E-state index is 0.00155. The summed E-state index contributed by atoms with van der Waals surface area (Å²) in [5, 5.41) is 16.5. The van der Waals surface area contributed by atoms with Crippen molar-refractivity contribution in [3.8, 4) is 0 Å². The number of carbonyl (C=O) groups is 1. The van der Waals surface area contributed by atoms with Crippen LogP contribution < -0.4 is 10.6 Å². The van der Waals surface area contributed by atoms with Gasteiger partial charge in [-0.15, -0.1) is 0 Å². The number of nitrogens with zero attached hydrogens (tertiary/aromatic N) is 1. The van der Waals surface area contributed by atoms with Crippen LogP contribution in [0.25, 0.3) is 0 Å². The van der Waals surface area contributed by atoms with Crippen molar-refractivity contribution in [1.82, 2.24) is 5.32 Å². The molecule has 6 nitrogen and oxygen atoms in total. The van der Waals surface area contributed by atoms with E-state index in [2.05, 4.69) is 10.6 Å². The Labute approximate surface area is 112 Å². The van der Waals surface area contributed by atoms with Crippen LogP contribution in [-0.4, -0.2) is 22.9 Å². The van der Waals surface area contributed by atoms with E-state index >= 15 is 0 Å². The number of nitrogens with one attached hydrogen (secondary N) is 2. The molecule has 0 radical (unpaired) electrons. The van der Waals surface area contributed by atoms with Gasteiger partial charge in [0, 0.05) is 11.6 Å². The average Bonchev–Trinajstić information content (AvgIpc) is 2.23. The minimum atomic E-state index is -0.469. The molecule has 1 aromatic rings. The van der Waals surface area contributed by atoms with E-state index < -0.39 is 4.92 Å². The molecule has 0 atom stereocenters. The fraction of sp³-hybridized carbons (Fsp3) is 0.462. The van der Waals surface area contributed by atoms with Crippen molar-refractivity contribution in [2.75, 3.05) is 11.9 Å². The molecule has 0 bridgehead atoms. The Bertz CT molecular complexity index is 492. The zero-order valence-corrected chi connectivity index (χ0v) is 11.6. The topological polar surface area (TPSA) is 84.3 Å². The van der Waals surface area contributed by atoms with Crippen LogP contribution in [0.3, 0.4) is 0 Å². The van der Waals surface area contributed by atoms with E-state index in [1.54, 1.807) is 12.1 Å². The Kier molecular flexibility index (Phi) is 4.47. The first-order valence-corrected chi connectivity index (χ1v) is 5.99. The second-order valence-corrected chi connectivity index (χ2v) is 5.43. The number of hydrogen-bond donors (Lipinski definition) is 2. The molecule has 0 aliphatic rings. The molecule has 0 aliphatic heterocycles. The molecule has 2 N–H and O–H groups in total. The number of carbonyl (C=O) groups excluding carboxylic acids is 1. The maximum Gasteiger partial charge on any atom is 0.292 e. The number of amides is 1. The van der Waals surface area contributed by atoms with Gasteiger partial charge in [0.2, 0.25) is 5.91 Å². The van der Waals surface area contributed by atoms with Crippen LogP contribution in [0.4, 0.5) is 11.4 Å². The monoisotopic (exact) mass is 265 g/mol. The van der Waals surface area contributed by atoms with Crippen LogP contribution in [0.5, 0.6) is 0 Å². The Morgan fingerprint density at radius 3 is 2.53 bits per heavy atom. The Hall–Kier alpha value is -2.11. The quantitative estimate of drug-likeness (QED) is 0.646. The van der Waals surface area contributed by atoms with E-state index in [0.29, 0.717) is 5.69 Å². The molecule has 0 aromatic heterocycles. The summed E-state index contributed by atoms with van der Waals surface area (Å²) in [7, 11) is 0. The summed E-state index contributed by atoms with van der Waals surface area (Å²) in [6.45, 7) is 7.46. The fourth-order valence-electron chi connectivity index (χ4n) is 1.59. The lowest BCUT2D eigenvalue weighted by atomic mass is 10.1. The van der Waals surface area contributed by atoms with Crippen molar-refractivity contribution in [2.24, 2.45) is 0 Å². The van der Waals surface area contributed by atoms with Gasteiger partial charge in [-0.2, -0.15) is 0 Å². The first kappa shape index (κ1) is 14.9. The van der Waals surface area contributed by atoms with Gasteiger partial charge < -0.3 is 10.6 Å². The number of anilines is 1. The summed E-state index contributed by atoms with van der Waals surface area (Å²) in [4.78, 5) is 22.1. The van der Waals surface area contributed by atoms with E-state index in [4.69, 9.17) is 0 Å². The summed E-state index contributed by atoms with van der Waals surface area (Å²) in [5.74, 6) is -0.205. The Balaban J connectivity index is 2.75. The molecular weight excluding hydrogens is 246 g/mol. The maximum atomic E-state index is 11.7. The molecule has 1 amide bonds. The number of nitro groups is 1. The molecule has 0 aliphatic carbocycles. The molecule has 1 aromatic carbocycles. The summed E-state index contributed by atoms with van der Waals surface area (Å²) < 4.78 is 0. The predicted octanol–water partition coefficient (Wildman–Crippen LogP) is 2.23. The lowest BCUT2D eigenvalue weighted by Gasteiger charge is -2.20. The number of nitro benzene ring substituents is 1. The lowest BCUT2D eigenvalue weighted by Crippen LogP contribution is -2.43. The third-order valence-corrected chi connectivity index (χ3v) is 2.30. The highest BCUT2D eigenvalue weighted by Gasteiger charge is 2.16. The molecule has 104 valence electrons. The van der Waals surface area contributed by atoms with Crippen molar-refractivity contribution < 1.29 is 9.72 Å². The zero-order valence-electron chi connectivity index (χ0n) is 11.6. The zero-order chi connectivity index (χ0) is 14.6. The van der Waals surface area contributed by atoms with Crippen LogP contribution in [0, 0.1) is 17.0 Å². The van der Waals surface area contributed by atoms with Crippen LogP contribution in [0.15, 0.2) is 18.2 Å². The van der Waals surface area contributed by atoms with Gasteiger partial charge in [-0.05, 0) is 39.3 Å². The van der Waals surface area contributed by atoms with Gasteiger partial charge in [-0.1, -0.05) is 6.07 Å². The summed E-state index contributed by atoms with van der Waals surface area (Å²) in [6, 6.07) is 4.75. The summed E-state index contributed by atoms with van der Waals surface area (Å²) in [5.41, 5.74) is 0.893. The number of rotatable bonds is 4. The molecule has 0 saturated carbocycles. The van der Waals surface area contributed by atoms with Crippen molar-refractivity contribution in [3.05, 3.63) is 33.9 Å². The Morgan fingerprint density at radius 1 is 1.37 bits per heavy atom. The molecule has 0 spiro atoms. The normalized spacial score (nSPS) is 10.9. The standard InChI is InChI=1S/C13H19N3O3/c1-9-5-6-11(16(18)19)10(7-9)14-8-12(17)15-13(2,3)4/h5-7,14H,8H2,1-4H3,(H,15,17). The van der Waals surface area contributed by atoms with E-state index in [0.717, 1.165) is 5.56 Å². The van der Waals surface area contributed by atoms with E-state index in [-0.39, 0.29) is 23.7 Å². The van der Waals surface area contributed by atoms with Gasteiger partial charge in [0.15, 0.2) is 0 Å². The predicted molar refractivity (Wildman–Crippen MR) is 74.2 cm³/mol. The highest BCUT2D eigenvalue weighted by Crippen LogP contribution is 2.24. The summed E-state index contributed by atoms with van der Waals surface area (Å²) >= 11 is 0. The molecule has 6 heteroatoms. The largest absolute Gasteiger partial charge is 0.371 e. The highest BCUT2D eigenvalue weighted by molar-refractivity contribution is 5.82. The smallest absolute Gasteiger partial charge is 0.292 e. The van der Waals surface area contributed by atoms with Gasteiger partial charge in [0.05, 0.1) is 11.5 Å². The minimum Gasteiger partial charge on any atom is -0.371 e. The molecule has 0 unspecified atom stereocenters. The molecule has 1 rings (SSSR count).